The highest BCUT2D eigenvalue weighted by Crippen LogP contribution is 2.39. The topological polar surface area (TPSA) is 170 Å². The molecule has 5 amide bonds. The van der Waals surface area contributed by atoms with Crippen molar-refractivity contribution in [1.29, 1.82) is 0 Å². The maximum Gasteiger partial charge on any atom is 0.243 e. The maximum atomic E-state index is 14.8. The summed E-state index contributed by atoms with van der Waals surface area (Å²) >= 11 is 1.69. The van der Waals surface area contributed by atoms with Crippen molar-refractivity contribution < 1.29 is 24.0 Å². The van der Waals surface area contributed by atoms with E-state index in [1.54, 1.807) is 11.8 Å². The summed E-state index contributed by atoms with van der Waals surface area (Å²) in [7, 11) is 0. The molecule has 13 heteroatoms. The quantitative estimate of drug-likeness (QED) is 0.106. The van der Waals surface area contributed by atoms with Crippen LogP contribution < -0.4 is 37.2 Å². The molecule has 3 saturated heterocycles. The Morgan fingerprint density at radius 2 is 1.17 bits per heavy atom. The van der Waals surface area contributed by atoms with Crippen LogP contribution in [0.1, 0.15) is 106 Å². The van der Waals surface area contributed by atoms with E-state index in [0.29, 0.717) is 25.9 Å². The average molecular weight is 900 g/mol. The van der Waals surface area contributed by atoms with Gasteiger partial charge in [0, 0.05) is 35.2 Å². The second-order valence-corrected chi connectivity index (χ2v) is 22.6. The lowest BCUT2D eigenvalue weighted by atomic mass is 9.90. The molecule has 0 saturated carbocycles. The average Bonchev–Trinajstić information content (AvgIpc) is 3.20. The smallest absolute Gasteiger partial charge is 0.243 e. The normalized spacial score (nSPS) is 27.1. The van der Waals surface area contributed by atoms with Crippen molar-refractivity contribution in [3.05, 3.63) is 59.2 Å². The van der Waals surface area contributed by atoms with Gasteiger partial charge in [-0.15, -0.1) is 11.8 Å². The number of rotatable bonds is 8. The SMILES string of the molecule is Cc1cccc2ccc3ccc(CC4NCC(C(C)C)NC(=O)C5NCC(SC5(C)C)C(C(C)C)NC(=O)C(C(C)C)NC(=O)[C@H](C(C)C)NC(=O)C(CC(C)C)NC4=O)c(C)c3c12. The molecule has 3 heterocycles. The number of hydrogen-bond acceptors (Lipinski definition) is 8. The first-order chi connectivity index (χ1) is 30.0. The molecule has 2 bridgehead atoms. The molecular weight excluding hydrogens is 823 g/mol. The molecule has 7 N–H and O–H groups in total. The van der Waals surface area contributed by atoms with Gasteiger partial charge in [0.15, 0.2) is 0 Å². The number of carbonyl (C=O) groups is 5. The Hall–Kier alpha value is -4.20. The number of carbonyl (C=O) groups excluding carboxylic acids is 5. The monoisotopic (exact) mass is 900 g/mol. The van der Waals surface area contributed by atoms with Gasteiger partial charge in [-0.05, 0) is 108 Å². The first-order valence-electron chi connectivity index (χ1n) is 23.6. The molecule has 3 aromatic rings. The van der Waals surface area contributed by atoms with Crippen molar-refractivity contribution in [3.63, 3.8) is 0 Å². The zero-order valence-electron chi connectivity index (χ0n) is 40.8. The lowest BCUT2D eigenvalue weighted by Crippen LogP contribution is -2.66. The van der Waals surface area contributed by atoms with Crippen LogP contribution in [0.25, 0.3) is 21.5 Å². The fraction of sp³-hybridized carbons (Fsp3) is 0.627. The van der Waals surface area contributed by atoms with Crippen molar-refractivity contribution in [2.45, 2.75) is 162 Å². The Bertz CT molecular complexity index is 2170. The summed E-state index contributed by atoms with van der Waals surface area (Å²) in [5, 5.41) is 27.3. The Morgan fingerprint density at radius 1 is 0.594 bits per heavy atom. The largest absolute Gasteiger partial charge is 0.350 e. The highest BCUT2D eigenvalue weighted by Gasteiger charge is 2.45. The van der Waals surface area contributed by atoms with E-state index in [4.69, 9.17) is 0 Å². The lowest BCUT2D eigenvalue weighted by Gasteiger charge is -2.45. The molecule has 352 valence electrons. The van der Waals surface area contributed by atoms with Crippen LogP contribution in [0.5, 0.6) is 0 Å². The predicted molar refractivity (Wildman–Crippen MR) is 262 cm³/mol. The van der Waals surface area contributed by atoms with E-state index >= 15 is 0 Å². The number of hydrogen-bond donors (Lipinski definition) is 7. The molecule has 7 unspecified atom stereocenters. The number of fused-ring (bicyclic) bond motifs is 22. The highest BCUT2D eigenvalue weighted by atomic mass is 32.2. The van der Waals surface area contributed by atoms with Crippen LogP contribution in [0.3, 0.4) is 0 Å². The van der Waals surface area contributed by atoms with E-state index in [1.165, 1.54) is 10.9 Å². The summed E-state index contributed by atoms with van der Waals surface area (Å²) in [5.74, 6) is -2.20. The van der Waals surface area contributed by atoms with E-state index in [0.717, 1.165) is 27.3 Å². The second kappa shape index (κ2) is 21.4. The molecule has 3 aliphatic rings. The van der Waals surface area contributed by atoms with Gasteiger partial charge >= 0.3 is 0 Å². The molecule has 6 rings (SSSR count). The Balaban J connectivity index is 1.57. The van der Waals surface area contributed by atoms with Gasteiger partial charge in [-0.3, -0.25) is 24.0 Å². The Morgan fingerprint density at radius 3 is 1.75 bits per heavy atom. The standard InChI is InChI=1S/C51H77N7O5S/c1-26(2)22-37-47(60)57-43(29(7)8)49(62)58-44(30(9)10)48(61)56-42(28(5)6)39-25-53-45(51(13,14)64-39)50(63)55-38(27(3)4)24-52-36(46(59)54-37)23-35-21-20-34-19-18-33-17-15-16-31(11)40(33)41(34)32(35)12/h15-21,26-30,36-39,42-45,52-53H,22-25H2,1-14H3,(H,54,59)(H,55,63)(H,56,61)(H,57,60)(H,58,62)/t36?,37?,38?,39?,42?,43-,44?,45?/m0/s1. The maximum absolute atomic E-state index is 14.8. The minimum Gasteiger partial charge on any atom is -0.350 e. The van der Waals surface area contributed by atoms with E-state index in [9.17, 15) is 24.0 Å². The van der Waals surface area contributed by atoms with E-state index in [2.05, 4.69) is 135 Å². The summed E-state index contributed by atoms with van der Waals surface area (Å²) in [6.07, 6.45) is 0.658. The number of thioether (sulfide) groups is 1. The van der Waals surface area contributed by atoms with Crippen LogP contribution in [0.15, 0.2) is 42.5 Å². The number of benzene rings is 3. The lowest BCUT2D eigenvalue weighted by molar-refractivity contribution is -0.135. The van der Waals surface area contributed by atoms with Crippen LogP contribution in [0.4, 0.5) is 0 Å². The third-order valence-corrected chi connectivity index (χ3v) is 14.9. The van der Waals surface area contributed by atoms with Crippen molar-refractivity contribution in [2.75, 3.05) is 13.1 Å². The minimum atomic E-state index is -0.967. The molecule has 0 aromatic heterocycles. The van der Waals surface area contributed by atoms with Crippen LogP contribution in [0, 0.1) is 43.4 Å². The molecule has 64 heavy (non-hydrogen) atoms. The third kappa shape index (κ3) is 12.0. The van der Waals surface area contributed by atoms with E-state index < -0.39 is 46.8 Å². The summed E-state index contributed by atoms with van der Waals surface area (Å²) in [5.41, 5.74) is 3.24. The first-order valence-corrected chi connectivity index (χ1v) is 24.5. The summed E-state index contributed by atoms with van der Waals surface area (Å²) in [6, 6.07) is 10.1. The van der Waals surface area contributed by atoms with E-state index in [1.807, 2.05) is 41.5 Å². The minimum absolute atomic E-state index is 0.0163. The third-order valence-electron chi connectivity index (χ3n) is 13.3. The van der Waals surface area contributed by atoms with Crippen molar-refractivity contribution in [1.82, 2.24) is 37.2 Å². The molecule has 3 aliphatic heterocycles. The van der Waals surface area contributed by atoms with Gasteiger partial charge < -0.3 is 37.2 Å². The van der Waals surface area contributed by atoms with Crippen molar-refractivity contribution in [3.8, 4) is 0 Å². The molecule has 8 atom stereocenters. The molecule has 0 radical (unpaired) electrons. The molecule has 0 spiro atoms. The predicted octanol–water partition coefficient (Wildman–Crippen LogP) is 6.07. The van der Waals surface area contributed by atoms with Crippen LogP contribution in [0.2, 0.25) is 0 Å². The van der Waals surface area contributed by atoms with Crippen LogP contribution in [-0.4, -0.2) is 94.9 Å². The van der Waals surface area contributed by atoms with Gasteiger partial charge in [0.05, 0.1) is 6.04 Å². The first kappa shape index (κ1) is 50.8. The van der Waals surface area contributed by atoms with Gasteiger partial charge in [0.2, 0.25) is 29.5 Å². The number of aryl methyl sites for hydroxylation is 2. The van der Waals surface area contributed by atoms with Crippen molar-refractivity contribution in [2.24, 2.45) is 29.6 Å². The van der Waals surface area contributed by atoms with Crippen molar-refractivity contribution >= 4 is 62.8 Å². The second-order valence-electron chi connectivity index (χ2n) is 20.7. The molecular formula is C51H77N7O5S. The molecule has 3 aromatic carbocycles. The zero-order valence-corrected chi connectivity index (χ0v) is 41.6. The number of amides is 5. The molecule has 0 aliphatic carbocycles. The van der Waals surface area contributed by atoms with E-state index in [-0.39, 0.29) is 64.6 Å². The van der Waals surface area contributed by atoms with Crippen LogP contribution >= 0.6 is 11.8 Å². The fourth-order valence-electron chi connectivity index (χ4n) is 9.36. The highest BCUT2D eigenvalue weighted by molar-refractivity contribution is 8.01. The number of nitrogens with one attached hydrogen (secondary N) is 7. The Labute approximate surface area is 386 Å². The molecule has 3 fully saturated rings. The van der Waals surface area contributed by atoms with Gasteiger partial charge in [-0.25, -0.2) is 0 Å². The zero-order chi connectivity index (χ0) is 47.4. The summed E-state index contributed by atoms with van der Waals surface area (Å²) in [6.45, 7) is 28.8. The van der Waals surface area contributed by atoms with Gasteiger partial charge in [-0.1, -0.05) is 112 Å². The summed E-state index contributed by atoms with van der Waals surface area (Å²) < 4.78 is -0.546. The van der Waals surface area contributed by atoms with Gasteiger partial charge in [0.25, 0.3) is 0 Å². The van der Waals surface area contributed by atoms with Crippen LogP contribution in [-0.2, 0) is 30.4 Å². The van der Waals surface area contributed by atoms with Gasteiger partial charge in [-0.2, -0.15) is 0 Å². The Kier molecular flexibility index (Phi) is 17.0. The fourth-order valence-corrected chi connectivity index (χ4v) is 11.2. The van der Waals surface area contributed by atoms with Gasteiger partial charge in [0.1, 0.15) is 24.2 Å². The molecule has 12 nitrogen and oxygen atoms in total. The summed E-state index contributed by atoms with van der Waals surface area (Å²) in [4.78, 5) is 71.8.